The van der Waals surface area contributed by atoms with E-state index in [4.69, 9.17) is 10.5 Å². The third-order valence-electron chi connectivity index (χ3n) is 3.49. The molecule has 15 heavy (non-hydrogen) atoms. The Morgan fingerprint density at radius 1 is 1.20 bits per heavy atom. The molecule has 1 rings (SSSR count). The molecule has 1 fully saturated rings. The summed E-state index contributed by atoms with van der Waals surface area (Å²) in [5, 5.41) is 0. The molecule has 0 aromatic rings. The molecule has 2 N–H and O–H groups in total. The SMILES string of the molecule is CCCCCOC1C(C)CC(C)CC1N. The van der Waals surface area contributed by atoms with Crippen molar-refractivity contribution < 1.29 is 4.74 Å². The summed E-state index contributed by atoms with van der Waals surface area (Å²) in [7, 11) is 0. The minimum atomic E-state index is 0.255. The van der Waals surface area contributed by atoms with Crippen LogP contribution in [-0.2, 0) is 4.74 Å². The van der Waals surface area contributed by atoms with Crippen LogP contribution in [0.25, 0.3) is 0 Å². The zero-order valence-corrected chi connectivity index (χ0v) is 10.5. The van der Waals surface area contributed by atoms with Crippen LogP contribution >= 0.6 is 0 Å². The maximum absolute atomic E-state index is 6.15. The van der Waals surface area contributed by atoms with Crippen molar-refractivity contribution in [1.82, 2.24) is 0 Å². The van der Waals surface area contributed by atoms with Gasteiger partial charge < -0.3 is 10.5 Å². The van der Waals surface area contributed by atoms with Crippen LogP contribution in [0.5, 0.6) is 0 Å². The van der Waals surface area contributed by atoms with Gasteiger partial charge in [0, 0.05) is 12.6 Å². The lowest BCUT2D eigenvalue weighted by Gasteiger charge is -2.37. The highest BCUT2D eigenvalue weighted by molar-refractivity contribution is 4.86. The maximum atomic E-state index is 6.15. The number of ether oxygens (including phenoxy) is 1. The summed E-state index contributed by atoms with van der Waals surface area (Å²) in [5.41, 5.74) is 6.15. The van der Waals surface area contributed by atoms with E-state index in [1.54, 1.807) is 0 Å². The fourth-order valence-electron chi connectivity index (χ4n) is 2.75. The van der Waals surface area contributed by atoms with Crippen molar-refractivity contribution in [2.45, 2.75) is 65.0 Å². The normalized spacial score (nSPS) is 36.8. The Morgan fingerprint density at radius 3 is 2.53 bits per heavy atom. The quantitative estimate of drug-likeness (QED) is 0.713. The maximum Gasteiger partial charge on any atom is 0.0751 e. The van der Waals surface area contributed by atoms with E-state index in [9.17, 15) is 0 Å². The molecular weight excluding hydrogens is 186 g/mol. The van der Waals surface area contributed by atoms with Crippen molar-refractivity contribution in [2.75, 3.05) is 6.61 Å². The van der Waals surface area contributed by atoms with Crippen LogP contribution in [0.1, 0.15) is 52.9 Å². The molecule has 0 spiro atoms. The van der Waals surface area contributed by atoms with Crippen LogP contribution in [-0.4, -0.2) is 18.8 Å². The lowest BCUT2D eigenvalue weighted by molar-refractivity contribution is -0.0295. The van der Waals surface area contributed by atoms with Gasteiger partial charge in [-0.2, -0.15) is 0 Å². The average Bonchev–Trinajstić information content (AvgIpc) is 2.15. The van der Waals surface area contributed by atoms with Crippen LogP contribution in [0, 0.1) is 11.8 Å². The molecule has 0 bridgehead atoms. The Bertz CT molecular complexity index is 160. The van der Waals surface area contributed by atoms with Gasteiger partial charge in [0.2, 0.25) is 0 Å². The highest BCUT2D eigenvalue weighted by Crippen LogP contribution is 2.30. The summed E-state index contributed by atoms with van der Waals surface area (Å²) < 4.78 is 5.93. The molecule has 1 saturated carbocycles. The van der Waals surface area contributed by atoms with Crippen molar-refractivity contribution in [1.29, 1.82) is 0 Å². The molecule has 4 atom stereocenters. The molecule has 4 unspecified atom stereocenters. The van der Waals surface area contributed by atoms with Gasteiger partial charge in [-0.1, -0.05) is 33.6 Å². The van der Waals surface area contributed by atoms with Crippen molar-refractivity contribution in [3.8, 4) is 0 Å². The first-order valence-corrected chi connectivity index (χ1v) is 6.52. The number of rotatable bonds is 5. The van der Waals surface area contributed by atoms with Gasteiger partial charge in [-0.05, 0) is 31.1 Å². The van der Waals surface area contributed by atoms with Crippen LogP contribution in [0.4, 0.5) is 0 Å². The lowest BCUT2D eigenvalue weighted by atomic mass is 9.78. The van der Waals surface area contributed by atoms with Gasteiger partial charge in [0.05, 0.1) is 6.10 Å². The third-order valence-corrected chi connectivity index (χ3v) is 3.49. The van der Waals surface area contributed by atoms with Gasteiger partial charge in [0.1, 0.15) is 0 Å². The summed E-state index contributed by atoms with van der Waals surface area (Å²) in [5.74, 6) is 1.40. The molecule has 0 saturated heterocycles. The minimum Gasteiger partial charge on any atom is -0.376 e. The fourth-order valence-corrected chi connectivity index (χ4v) is 2.75. The van der Waals surface area contributed by atoms with Crippen LogP contribution in [0.3, 0.4) is 0 Å². The van der Waals surface area contributed by atoms with Crippen molar-refractivity contribution >= 4 is 0 Å². The summed E-state index contributed by atoms with van der Waals surface area (Å²) in [6, 6.07) is 0.255. The Hall–Kier alpha value is -0.0800. The lowest BCUT2D eigenvalue weighted by Crippen LogP contribution is -2.46. The van der Waals surface area contributed by atoms with Crippen LogP contribution in [0.15, 0.2) is 0 Å². The van der Waals surface area contributed by atoms with E-state index in [1.165, 1.54) is 25.7 Å². The summed E-state index contributed by atoms with van der Waals surface area (Å²) >= 11 is 0. The van der Waals surface area contributed by atoms with E-state index < -0.39 is 0 Å². The van der Waals surface area contributed by atoms with Gasteiger partial charge in [-0.3, -0.25) is 0 Å². The summed E-state index contributed by atoms with van der Waals surface area (Å²) in [4.78, 5) is 0. The van der Waals surface area contributed by atoms with E-state index in [1.807, 2.05) is 0 Å². The van der Waals surface area contributed by atoms with Crippen LogP contribution < -0.4 is 5.73 Å². The monoisotopic (exact) mass is 213 g/mol. The van der Waals surface area contributed by atoms with Gasteiger partial charge in [-0.15, -0.1) is 0 Å². The van der Waals surface area contributed by atoms with Gasteiger partial charge >= 0.3 is 0 Å². The average molecular weight is 213 g/mol. The van der Waals surface area contributed by atoms with Crippen molar-refractivity contribution in [3.05, 3.63) is 0 Å². The molecule has 0 radical (unpaired) electrons. The molecule has 0 heterocycles. The molecule has 2 heteroatoms. The number of nitrogens with two attached hydrogens (primary N) is 1. The molecule has 0 aromatic carbocycles. The fraction of sp³-hybridized carbons (Fsp3) is 1.00. The van der Waals surface area contributed by atoms with E-state index >= 15 is 0 Å². The standard InChI is InChI=1S/C13H27NO/c1-4-5-6-7-15-13-11(3)8-10(2)9-12(13)14/h10-13H,4-9,14H2,1-3H3. The van der Waals surface area contributed by atoms with E-state index in [-0.39, 0.29) is 6.04 Å². The Balaban J connectivity index is 2.26. The first-order valence-electron chi connectivity index (χ1n) is 6.52. The Kier molecular flexibility index (Phi) is 5.62. The Labute approximate surface area is 94.6 Å². The van der Waals surface area contributed by atoms with Crippen molar-refractivity contribution in [3.63, 3.8) is 0 Å². The molecule has 90 valence electrons. The van der Waals surface area contributed by atoms with Crippen molar-refractivity contribution in [2.24, 2.45) is 17.6 Å². The number of hydrogen-bond acceptors (Lipinski definition) is 2. The predicted octanol–water partition coefficient (Wildman–Crippen LogP) is 2.96. The van der Waals surface area contributed by atoms with Gasteiger partial charge in [0.25, 0.3) is 0 Å². The second-order valence-electron chi connectivity index (χ2n) is 5.26. The largest absolute Gasteiger partial charge is 0.376 e. The minimum absolute atomic E-state index is 0.255. The summed E-state index contributed by atoms with van der Waals surface area (Å²) in [6.07, 6.45) is 6.41. The summed E-state index contributed by atoms with van der Waals surface area (Å²) in [6.45, 7) is 7.69. The molecule has 0 aromatic heterocycles. The second-order valence-corrected chi connectivity index (χ2v) is 5.26. The van der Waals surface area contributed by atoms with E-state index in [2.05, 4.69) is 20.8 Å². The van der Waals surface area contributed by atoms with Gasteiger partial charge in [0.15, 0.2) is 0 Å². The zero-order valence-electron chi connectivity index (χ0n) is 10.5. The smallest absolute Gasteiger partial charge is 0.0751 e. The molecule has 1 aliphatic rings. The van der Waals surface area contributed by atoms with Crippen LogP contribution in [0.2, 0.25) is 0 Å². The third kappa shape index (κ3) is 4.12. The molecule has 2 nitrogen and oxygen atoms in total. The number of unbranched alkanes of at least 4 members (excludes halogenated alkanes) is 2. The molecule has 1 aliphatic carbocycles. The highest BCUT2D eigenvalue weighted by atomic mass is 16.5. The predicted molar refractivity (Wildman–Crippen MR) is 64.8 cm³/mol. The van der Waals surface area contributed by atoms with E-state index in [0.29, 0.717) is 12.0 Å². The second kappa shape index (κ2) is 6.49. The van der Waals surface area contributed by atoms with E-state index in [0.717, 1.165) is 18.9 Å². The number of hydrogen-bond donors (Lipinski definition) is 1. The first-order chi connectivity index (χ1) is 7.15. The molecule has 0 aliphatic heterocycles. The molecular formula is C13H27NO. The highest BCUT2D eigenvalue weighted by Gasteiger charge is 2.32. The zero-order chi connectivity index (χ0) is 11.3. The Morgan fingerprint density at radius 2 is 1.93 bits per heavy atom. The first kappa shape index (κ1) is 13.0. The topological polar surface area (TPSA) is 35.2 Å². The molecule has 0 amide bonds. The van der Waals surface area contributed by atoms with Gasteiger partial charge in [-0.25, -0.2) is 0 Å².